The van der Waals surface area contributed by atoms with Crippen LogP contribution in [0, 0.1) is 0 Å². The Bertz CT molecular complexity index is 3970. The van der Waals surface area contributed by atoms with Crippen LogP contribution in [0.25, 0.3) is 110 Å². The zero-order valence-electron chi connectivity index (χ0n) is 36.0. The van der Waals surface area contributed by atoms with Crippen LogP contribution in [-0.2, 0) is 0 Å². The van der Waals surface area contributed by atoms with Crippen LogP contribution in [0.4, 0.5) is 17.1 Å². The third kappa shape index (κ3) is 6.26. The Balaban J connectivity index is 0.919. The van der Waals surface area contributed by atoms with Gasteiger partial charge in [0.05, 0.1) is 5.69 Å². The lowest BCUT2D eigenvalue weighted by molar-refractivity contribution is 0.670. The van der Waals surface area contributed by atoms with E-state index in [2.05, 4.69) is 241 Å². The summed E-state index contributed by atoms with van der Waals surface area (Å²) in [6.45, 7) is 0. The van der Waals surface area contributed by atoms with Gasteiger partial charge in [-0.15, -0.1) is 0 Å². The maximum absolute atomic E-state index is 6.39. The van der Waals surface area contributed by atoms with Gasteiger partial charge in [-0.1, -0.05) is 212 Å². The highest BCUT2D eigenvalue weighted by Gasteiger charge is 2.20. The molecular formula is C64H41NO. The fourth-order valence-corrected chi connectivity index (χ4v) is 10.3. The third-order valence-electron chi connectivity index (χ3n) is 13.5. The van der Waals surface area contributed by atoms with Gasteiger partial charge in [-0.3, -0.25) is 0 Å². The Kier molecular flexibility index (Phi) is 8.89. The minimum atomic E-state index is 0.911. The largest absolute Gasteiger partial charge is 0.455 e. The van der Waals surface area contributed by atoms with Crippen LogP contribution in [0.2, 0.25) is 0 Å². The molecule has 0 atom stereocenters. The van der Waals surface area contributed by atoms with Crippen LogP contribution in [-0.4, -0.2) is 0 Å². The SMILES string of the molecule is c1ccc2c(-c3c(-c4ccc(N(c5ccc(-c6ccc(-c7cccc8c7oc7ccccc78)cc6)cc5)c5cc6ccccc6c6ccccc56)cc4)ccc4ccccc34)cccc2c1. The standard InChI is InChI=1S/C64H41NO/c1-4-17-51-44(13-1)16-11-24-59(51)63-53-19-6-2-14-45(53)35-40-54(63)46-33-38-50(39-34-46)65(61-41-48-15-3-5-18-52(48)56-20-7-8-21-57(56)61)49-36-31-43(32-37-49)42-27-29-47(30-28-42)55-23-12-25-60-58-22-9-10-26-62(58)66-64(55)60/h1-41H. The molecule has 1 heterocycles. The molecule has 0 saturated carbocycles. The molecular weight excluding hydrogens is 799 g/mol. The maximum Gasteiger partial charge on any atom is 0.143 e. The third-order valence-corrected chi connectivity index (χ3v) is 13.5. The molecule has 0 N–H and O–H groups in total. The number of hydrogen-bond acceptors (Lipinski definition) is 2. The van der Waals surface area contributed by atoms with E-state index >= 15 is 0 Å². The van der Waals surface area contributed by atoms with Crippen molar-refractivity contribution in [1.29, 1.82) is 0 Å². The van der Waals surface area contributed by atoms with Gasteiger partial charge >= 0.3 is 0 Å². The first-order chi connectivity index (χ1) is 32.7. The quantitative estimate of drug-likeness (QED) is 0.149. The molecule has 0 fully saturated rings. The van der Waals surface area contributed by atoms with Crippen LogP contribution < -0.4 is 4.90 Å². The second-order valence-electron chi connectivity index (χ2n) is 17.2. The van der Waals surface area contributed by atoms with E-state index in [0.717, 1.165) is 61.3 Å². The van der Waals surface area contributed by atoms with Crippen LogP contribution in [0.1, 0.15) is 0 Å². The number of benzene rings is 12. The minimum Gasteiger partial charge on any atom is -0.455 e. The monoisotopic (exact) mass is 839 g/mol. The molecule has 0 spiro atoms. The fraction of sp³-hybridized carbons (Fsp3) is 0. The highest BCUT2D eigenvalue weighted by atomic mass is 16.3. The Hall–Kier alpha value is -8.72. The van der Waals surface area contributed by atoms with Crippen LogP contribution in [0.5, 0.6) is 0 Å². The Morgan fingerprint density at radius 1 is 0.273 bits per heavy atom. The molecule has 13 aromatic rings. The molecule has 12 aromatic carbocycles. The molecule has 1 aromatic heterocycles. The van der Waals surface area contributed by atoms with Gasteiger partial charge in [-0.2, -0.15) is 0 Å². The van der Waals surface area contributed by atoms with Crippen molar-refractivity contribution >= 4 is 82.1 Å². The summed E-state index contributed by atoms with van der Waals surface area (Å²) in [5, 5.41) is 12.1. The minimum absolute atomic E-state index is 0.911. The Morgan fingerprint density at radius 2 is 0.758 bits per heavy atom. The van der Waals surface area contributed by atoms with Gasteiger partial charge in [0.25, 0.3) is 0 Å². The highest BCUT2D eigenvalue weighted by Crippen LogP contribution is 2.45. The number of rotatable bonds is 7. The molecule has 0 bridgehead atoms. The normalized spacial score (nSPS) is 11.6. The lowest BCUT2D eigenvalue weighted by atomic mass is 9.87. The van der Waals surface area contributed by atoms with Gasteiger partial charge < -0.3 is 9.32 Å². The predicted octanol–water partition coefficient (Wildman–Crippen LogP) is 18.3. The molecule has 2 nitrogen and oxygen atoms in total. The second-order valence-corrected chi connectivity index (χ2v) is 17.2. The maximum atomic E-state index is 6.39. The van der Waals surface area contributed by atoms with Crippen molar-refractivity contribution in [2.45, 2.75) is 0 Å². The number of fused-ring (bicyclic) bond motifs is 8. The van der Waals surface area contributed by atoms with Crippen molar-refractivity contribution < 1.29 is 4.42 Å². The molecule has 0 aliphatic rings. The van der Waals surface area contributed by atoms with Crippen molar-refractivity contribution in [1.82, 2.24) is 0 Å². The van der Waals surface area contributed by atoms with Crippen molar-refractivity contribution in [3.8, 4) is 44.5 Å². The van der Waals surface area contributed by atoms with E-state index in [1.807, 2.05) is 12.1 Å². The molecule has 0 saturated heterocycles. The Morgan fingerprint density at radius 3 is 1.50 bits per heavy atom. The summed E-state index contributed by atoms with van der Waals surface area (Å²) in [6, 6.07) is 90.3. The second kappa shape index (κ2) is 15.5. The molecule has 308 valence electrons. The molecule has 13 rings (SSSR count). The van der Waals surface area contributed by atoms with E-state index in [1.165, 1.54) is 65.3 Å². The summed E-state index contributed by atoms with van der Waals surface area (Å²) >= 11 is 0. The van der Waals surface area contributed by atoms with Crippen LogP contribution in [0.15, 0.2) is 253 Å². The summed E-state index contributed by atoms with van der Waals surface area (Å²) in [7, 11) is 0. The topological polar surface area (TPSA) is 16.4 Å². The van der Waals surface area contributed by atoms with Gasteiger partial charge in [0, 0.05) is 33.1 Å². The predicted molar refractivity (Wildman–Crippen MR) is 280 cm³/mol. The fourth-order valence-electron chi connectivity index (χ4n) is 10.3. The molecule has 2 heteroatoms. The summed E-state index contributed by atoms with van der Waals surface area (Å²) in [6.07, 6.45) is 0. The van der Waals surface area contributed by atoms with E-state index in [0.29, 0.717) is 0 Å². The van der Waals surface area contributed by atoms with E-state index < -0.39 is 0 Å². The van der Waals surface area contributed by atoms with Gasteiger partial charge in [-0.25, -0.2) is 0 Å². The van der Waals surface area contributed by atoms with E-state index in [1.54, 1.807) is 0 Å². The molecule has 66 heavy (non-hydrogen) atoms. The average molecular weight is 840 g/mol. The van der Waals surface area contributed by atoms with E-state index in [-0.39, 0.29) is 0 Å². The van der Waals surface area contributed by atoms with Gasteiger partial charge in [0.15, 0.2) is 0 Å². The van der Waals surface area contributed by atoms with E-state index in [4.69, 9.17) is 4.42 Å². The number of furan rings is 1. The number of para-hydroxylation sites is 2. The molecule has 0 radical (unpaired) electrons. The van der Waals surface area contributed by atoms with Crippen molar-refractivity contribution in [3.63, 3.8) is 0 Å². The highest BCUT2D eigenvalue weighted by molar-refractivity contribution is 6.15. The van der Waals surface area contributed by atoms with E-state index in [9.17, 15) is 0 Å². The number of nitrogens with zero attached hydrogens (tertiary/aromatic N) is 1. The first-order valence-corrected chi connectivity index (χ1v) is 22.7. The summed E-state index contributed by atoms with van der Waals surface area (Å²) < 4.78 is 6.39. The lowest BCUT2D eigenvalue weighted by Crippen LogP contribution is -2.10. The first-order valence-electron chi connectivity index (χ1n) is 22.7. The first kappa shape index (κ1) is 37.8. The Labute approximate surface area is 382 Å². The average Bonchev–Trinajstić information content (AvgIpc) is 3.78. The summed E-state index contributed by atoms with van der Waals surface area (Å²) in [4.78, 5) is 2.42. The molecule has 0 unspecified atom stereocenters. The lowest BCUT2D eigenvalue weighted by Gasteiger charge is -2.28. The molecule has 0 amide bonds. The van der Waals surface area contributed by atoms with Gasteiger partial charge in [0.1, 0.15) is 11.2 Å². The van der Waals surface area contributed by atoms with Gasteiger partial charge in [-0.05, 0) is 113 Å². The zero-order valence-corrected chi connectivity index (χ0v) is 36.0. The van der Waals surface area contributed by atoms with Crippen molar-refractivity contribution in [2.24, 2.45) is 0 Å². The van der Waals surface area contributed by atoms with Crippen molar-refractivity contribution in [3.05, 3.63) is 249 Å². The zero-order chi connectivity index (χ0) is 43.6. The van der Waals surface area contributed by atoms with Crippen LogP contribution in [0.3, 0.4) is 0 Å². The molecule has 0 aliphatic carbocycles. The number of anilines is 3. The molecule has 0 aliphatic heterocycles. The van der Waals surface area contributed by atoms with Crippen LogP contribution >= 0.6 is 0 Å². The van der Waals surface area contributed by atoms with Gasteiger partial charge in [0.2, 0.25) is 0 Å². The summed E-state index contributed by atoms with van der Waals surface area (Å²) in [5.74, 6) is 0. The number of hydrogen-bond donors (Lipinski definition) is 0. The van der Waals surface area contributed by atoms with Crippen molar-refractivity contribution in [2.75, 3.05) is 4.90 Å². The smallest absolute Gasteiger partial charge is 0.143 e. The summed E-state index contributed by atoms with van der Waals surface area (Å²) in [5.41, 5.74) is 14.6.